The van der Waals surface area contributed by atoms with Crippen molar-refractivity contribution in [3.05, 3.63) is 64.6 Å². The highest BCUT2D eigenvalue weighted by atomic mass is 32.2. The maximum Gasteiger partial charge on any atom is 0.331 e. The number of hydrogen-bond acceptors (Lipinski definition) is 7. The number of rotatable bonds is 8. The molecule has 2 fully saturated rings. The molecule has 1 unspecified atom stereocenters. The number of thiocarbonyl (C=S) groups is 1. The van der Waals surface area contributed by atoms with Crippen molar-refractivity contribution in [2.75, 3.05) is 26.8 Å². The van der Waals surface area contributed by atoms with Crippen LogP contribution in [0.5, 0.6) is 11.5 Å². The third-order valence-electron chi connectivity index (χ3n) is 5.98. The summed E-state index contributed by atoms with van der Waals surface area (Å²) in [5.41, 5.74) is 1.11. The molecule has 2 aliphatic rings. The van der Waals surface area contributed by atoms with Crippen molar-refractivity contribution in [1.82, 2.24) is 9.80 Å². The van der Waals surface area contributed by atoms with Crippen molar-refractivity contribution in [2.45, 2.75) is 25.3 Å². The van der Waals surface area contributed by atoms with E-state index in [2.05, 4.69) is 0 Å². The molecule has 188 valence electrons. The summed E-state index contributed by atoms with van der Waals surface area (Å²) in [5.74, 6) is -0.870. The largest absolute Gasteiger partial charge is 0.493 e. The summed E-state index contributed by atoms with van der Waals surface area (Å²) in [4.78, 5) is 40.9. The number of carbonyl (C=O) groups is 3. The van der Waals surface area contributed by atoms with Crippen LogP contribution in [0.4, 0.5) is 0 Å². The van der Waals surface area contributed by atoms with E-state index in [0.29, 0.717) is 27.5 Å². The smallest absolute Gasteiger partial charge is 0.331 e. The molecule has 1 N–H and O–H groups in total. The molecule has 0 aromatic heterocycles. The number of carboxylic acid groups (broad SMARTS) is 1. The van der Waals surface area contributed by atoms with E-state index in [-0.39, 0.29) is 16.8 Å². The van der Waals surface area contributed by atoms with Gasteiger partial charge in [0, 0.05) is 13.1 Å². The third-order valence-corrected chi connectivity index (χ3v) is 7.31. The predicted octanol–water partition coefficient (Wildman–Crippen LogP) is 4.11. The zero-order chi connectivity index (χ0) is 25.7. The average Bonchev–Trinajstić information content (AvgIpc) is 3.16. The Balaban J connectivity index is 1.50. The molecular formula is C26H26N2O6S2. The topological polar surface area (TPSA) is 96.4 Å². The minimum atomic E-state index is -1.22. The van der Waals surface area contributed by atoms with E-state index in [1.165, 1.54) is 7.11 Å². The van der Waals surface area contributed by atoms with Gasteiger partial charge in [0.25, 0.3) is 11.8 Å². The quantitative estimate of drug-likeness (QED) is 0.406. The van der Waals surface area contributed by atoms with Crippen LogP contribution in [0, 0.1) is 0 Å². The lowest BCUT2D eigenvalue weighted by Gasteiger charge is -2.26. The molecule has 0 saturated carbocycles. The van der Waals surface area contributed by atoms with Gasteiger partial charge >= 0.3 is 5.97 Å². The molecule has 2 aromatic carbocycles. The van der Waals surface area contributed by atoms with Crippen LogP contribution in [0.2, 0.25) is 0 Å². The second-order valence-electron chi connectivity index (χ2n) is 8.34. The molecule has 0 radical (unpaired) electrons. The maximum absolute atomic E-state index is 13.2. The van der Waals surface area contributed by atoms with E-state index in [1.807, 2.05) is 4.90 Å². The van der Waals surface area contributed by atoms with Crippen LogP contribution in [0.15, 0.2) is 53.4 Å². The molecule has 10 heteroatoms. The number of nitrogens with zero attached hydrogens (tertiary/aromatic N) is 2. The highest BCUT2D eigenvalue weighted by Crippen LogP contribution is 2.39. The second-order valence-corrected chi connectivity index (χ2v) is 10.0. The summed E-state index contributed by atoms with van der Waals surface area (Å²) < 4.78 is 11.3. The number of carboxylic acids is 1. The number of ether oxygens (including phenoxy) is 2. The van der Waals surface area contributed by atoms with Crippen molar-refractivity contribution in [3.63, 3.8) is 0 Å². The van der Waals surface area contributed by atoms with Gasteiger partial charge in [-0.15, -0.1) is 0 Å². The minimum absolute atomic E-state index is 0.0593. The van der Waals surface area contributed by atoms with Gasteiger partial charge in [0.2, 0.25) is 0 Å². The number of methoxy groups -OCH3 is 1. The summed E-state index contributed by atoms with van der Waals surface area (Å²) in [5, 5.41) is 9.83. The first-order valence-electron chi connectivity index (χ1n) is 11.5. The molecule has 2 aromatic rings. The van der Waals surface area contributed by atoms with E-state index >= 15 is 0 Å². The fraction of sp³-hybridized carbons (Fsp3) is 0.308. The molecule has 0 spiro atoms. The highest BCUT2D eigenvalue weighted by Gasteiger charge is 2.41. The van der Waals surface area contributed by atoms with E-state index in [4.69, 9.17) is 21.7 Å². The first kappa shape index (κ1) is 25.7. The Morgan fingerprint density at radius 3 is 2.50 bits per heavy atom. The second kappa shape index (κ2) is 11.6. The molecule has 2 aliphatic heterocycles. The van der Waals surface area contributed by atoms with Gasteiger partial charge in [-0.25, -0.2) is 4.79 Å². The number of likely N-dealkylation sites (tertiary alicyclic amines) is 1. The zero-order valence-corrected chi connectivity index (χ0v) is 21.3. The molecule has 4 rings (SSSR count). The maximum atomic E-state index is 13.2. The SMILES string of the molecule is COc1cc(/C=C2/SC(=S)N(C(C(=O)O)c3ccccc3)C2=O)ccc1OCC(=O)N1CCCCC1. The van der Waals surface area contributed by atoms with Gasteiger partial charge in [0.15, 0.2) is 24.1 Å². The van der Waals surface area contributed by atoms with Gasteiger partial charge in [-0.05, 0) is 48.6 Å². The van der Waals surface area contributed by atoms with Crippen LogP contribution in [-0.2, 0) is 14.4 Å². The van der Waals surface area contributed by atoms with Crippen molar-refractivity contribution < 1.29 is 29.0 Å². The summed E-state index contributed by atoms with van der Waals surface area (Å²) in [7, 11) is 1.50. The number of thioether (sulfide) groups is 1. The monoisotopic (exact) mass is 526 g/mol. The van der Waals surface area contributed by atoms with Gasteiger partial charge in [0.05, 0.1) is 12.0 Å². The van der Waals surface area contributed by atoms with Crippen molar-refractivity contribution in [3.8, 4) is 11.5 Å². The Bertz CT molecular complexity index is 1190. The lowest BCUT2D eigenvalue weighted by Crippen LogP contribution is -2.38. The normalized spacial score (nSPS) is 17.9. The number of piperidine rings is 1. The van der Waals surface area contributed by atoms with Crippen LogP contribution >= 0.6 is 24.0 Å². The first-order chi connectivity index (χ1) is 17.4. The zero-order valence-electron chi connectivity index (χ0n) is 19.7. The van der Waals surface area contributed by atoms with E-state index in [0.717, 1.165) is 49.0 Å². The average molecular weight is 527 g/mol. The molecule has 8 nitrogen and oxygen atoms in total. The molecule has 1 atom stereocenters. The highest BCUT2D eigenvalue weighted by molar-refractivity contribution is 8.26. The minimum Gasteiger partial charge on any atom is -0.493 e. The fourth-order valence-corrected chi connectivity index (χ4v) is 5.47. The van der Waals surface area contributed by atoms with Crippen molar-refractivity contribution >= 4 is 52.2 Å². The Morgan fingerprint density at radius 1 is 1.11 bits per heavy atom. The predicted molar refractivity (Wildman–Crippen MR) is 141 cm³/mol. The Morgan fingerprint density at radius 2 is 1.83 bits per heavy atom. The Kier molecular flexibility index (Phi) is 8.27. The summed E-state index contributed by atoms with van der Waals surface area (Å²) in [6.45, 7) is 1.43. The van der Waals surface area contributed by atoms with Gasteiger partial charge in [-0.2, -0.15) is 0 Å². The summed E-state index contributed by atoms with van der Waals surface area (Å²) >= 11 is 6.42. The molecule has 0 aliphatic carbocycles. The van der Waals surface area contributed by atoms with Gasteiger partial charge in [-0.1, -0.05) is 60.4 Å². The van der Waals surface area contributed by atoms with Crippen LogP contribution in [0.1, 0.15) is 36.4 Å². The van der Waals surface area contributed by atoms with Crippen LogP contribution in [-0.4, -0.2) is 63.8 Å². The van der Waals surface area contributed by atoms with Crippen LogP contribution < -0.4 is 9.47 Å². The van der Waals surface area contributed by atoms with Gasteiger partial charge in [0.1, 0.15) is 4.32 Å². The van der Waals surface area contributed by atoms with E-state index in [1.54, 1.807) is 54.6 Å². The molecule has 2 saturated heterocycles. The molecular weight excluding hydrogens is 500 g/mol. The number of carbonyl (C=O) groups excluding carboxylic acids is 2. The number of hydrogen-bond donors (Lipinski definition) is 1. The summed E-state index contributed by atoms with van der Waals surface area (Å²) in [6.07, 6.45) is 4.79. The lowest BCUT2D eigenvalue weighted by atomic mass is 10.1. The number of benzene rings is 2. The molecule has 0 bridgehead atoms. The van der Waals surface area contributed by atoms with Gasteiger partial charge in [-0.3, -0.25) is 14.5 Å². The van der Waals surface area contributed by atoms with Crippen LogP contribution in [0.3, 0.4) is 0 Å². The Hall–Kier alpha value is -3.37. The van der Waals surface area contributed by atoms with Gasteiger partial charge < -0.3 is 19.5 Å². The third kappa shape index (κ3) is 5.71. The van der Waals surface area contributed by atoms with Crippen molar-refractivity contribution in [2.24, 2.45) is 0 Å². The molecule has 2 heterocycles. The van der Waals surface area contributed by atoms with Crippen LogP contribution in [0.25, 0.3) is 6.08 Å². The number of aliphatic carboxylic acids is 1. The van der Waals surface area contributed by atoms with Crippen molar-refractivity contribution in [1.29, 1.82) is 0 Å². The standard InChI is InChI=1S/C26H26N2O6S2/c1-33-20-14-17(10-11-19(20)34-16-22(29)27-12-6-3-7-13-27)15-21-24(30)28(26(35)36-21)23(25(31)32)18-8-4-2-5-9-18/h2,4-5,8-11,14-15,23H,3,6-7,12-13,16H2,1H3,(H,31,32)/b21-15+. The molecule has 36 heavy (non-hydrogen) atoms. The Labute approximate surface area is 218 Å². The fourth-order valence-electron chi connectivity index (χ4n) is 4.16. The first-order valence-corrected chi connectivity index (χ1v) is 12.7. The van der Waals surface area contributed by atoms with E-state index < -0.39 is 17.9 Å². The lowest BCUT2D eigenvalue weighted by molar-refractivity contribution is -0.145. The summed E-state index contributed by atoms with van der Waals surface area (Å²) in [6, 6.07) is 12.4. The van der Waals surface area contributed by atoms with E-state index in [9.17, 15) is 19.5 Å². The number of amides is 2. The molecule has 2 amide bonds.